The van der Waals surface area contributed by atoms with Gasteiger partial charge in [-0.3, -0.25) is 0 Å². The molecule has 33 heavy (non-hydrogen) atoms. The molecule has 2 fully saturated rings. The zero-order valence-electron chi connectivity index (χ0n) is 22.6. The molecule has 2 saturated carbocycles. The van der Waals surface area contributed by atoms with Crippen LogP contribution in [0.3, 0.4) is 0 Å². The van der Waals surface area contributed by atoms with Crippen LogP contribution in [-0.2, 0) is 0 Å². The molecule has 0 aromatic heterocycles. The van der Waals surface area contributed by atoms with Gasteiger partial charge in [0.05, 0.1) is 24.9 Å². The highest BCUT2D eigenvalue weighted by Gasteiger charge is 2.42. The fourth-order valence-electron chi connectivity index (χ4n) is 5.69. The van der Waals surface area contributed by atoms with Crippen LogP contribution in [0.15, 0.2) is 23.3 Å². The van der Waals surface area contributed by atoms with Gasteiger partial charge in [-0.1, -0.05) is 70.8 Å². The van der Waals surface area contributed by atoms with Crippen LogP contribution in [0.25, 0.3) is 0 Å². The Morgan fingerprint density at radius 1 is 1.09 bits per heavy atom. The summed E-state index contributed by atoms with van der Waals surface area (Å²) in [4.78, 5) is 0. The van der Waals surface area contributed by atoms with Crippen LogP contribution < -0.4 is 0 Å². The number of hydrogen-bond donors (Lipinski definition) is 4. The second-order valence-electron chi connectivity index (χ2n) is 11.9. The van der Waals surface area contributed by atoms with Gasteiger partial charge < -0.3 is 20.4 Å². The molecule has 5 unspecified atom stereocenters. The van der Waals surface area contributed by atoms with E-state index in [9.17, 15) is 10.2 Å². The van der Waals surface area contributed by atoms with Gasteiger partial charge in [-0.05, 0) is 87.9 Å². The van der Waals surface area contributed by atoms with Gasteiger partial charge in [0.15, 0.2) is 0 Å². The van der Waals surface area contributed by atoms with Crippen LogP contribution in [0.5, 0.6) is 0 Å². The van der Waals surface area contributed by atoms with Crippen molar-refractivity contribution in [2.45, 2.75) is 118 Å². The molecule has 0 bridgehead atoms. The molecule has 0 saturated heterocycles. The average molecular weight is 467 g/mol. The third-order valence-electron chi connectivity index (χ3n) is 8.75. The van der Waals surface area contributed by atoms with Gasteiger partial charge in [-0.15, -0.1) is 0 Å². The normalized spacial score (nSPS) is 32.9. The second-order valence-corrected chi connectivity index (χ2v) is 11.9. The standard InChI is InChI=1S/C27H48O2.C2H6O2/c1-19(10-8-16-26(5,6)29)21(3)27(7)17-9-11-24(22(27)4)15-14-23-13-12-20(2)25(28)18-23;3-1-2-4/h14-15,19-22,25,28-29H,8-13,16-18H2,1-7H3;3-4H,1-2H2/b23-14-,24-15+;/t19-,20?,21?,22?,25?,27?;/m1./s1. The van der Waals surface area contributed by atoms with E-state index in [2.05, 4.69) is 46.8 Å². The molecule has 2 rings (SSSR count). The summed E-state index contributed by atoms with van der Waals surface area (Å²) in [5.74, 6) is 2.40. The van der Waals surface area contributed by atoms with Crippen molar-refractivity contribution >= 4 is 0 Å². The van der Waals surface area contributed by atoms with E-state index in [4.69, 9.17) is 10.2 Å². The largest absolute Gasteiger partial charge is 0.394 e. The number of rotatable bonds is 8. The molecule has 2 aliphatic carbocycles. The lowest BCUT2D eigenvalue weighted by Gasteiger charge is -2.48. The minimum Gasteiger partial charge on any atom is -0.394 e. The lowest BCUT2D eigenvalue weighted by Crippen LogP contribution is -2.39. The van der Waals surface area contributed by atoms with Crippen LogP contribution in [0.1, 0.15) is 106 Å². The molecule has 0 spiro atoms. The van der Waals surface area contributed by atoms with E-state index >= 15 is 0 Å². The van der Waals surface area contributed by atoms with Crippen LogP contribution in [0, 0.1) is 29.1 Å². The first-order chi connectivity index (χ1) is 15.4. The van der Waals surface area contributed by atoms with Crippen LogP contribution in [0.4, 0.5) is 0 Å². The lowest BCUT2D eigenvalue weighted by atomic mass is 9.57. The van der Waals surface area contributed by atoms with Crippen molar-refractivity contribution in [1.82, 2.24) is 0 Å². The first-order valence-electron chi connectivity index (χ1n) is 13.4. The Morgan fingerprint density at radius 3 is 2.27 bits per heavy atom. The fourth-order valence-corrected chi connectivity index (χ4v) is 5.69. The molecule has 4 N–H and O–H groups in total. The highest BCUT2D eigenvalue weighted by Crippen LogP contribution is 2.51. The van der Waals surface area contributed by atoms with Gasteiger partial charge in [0.1, 0.15) is 0 Å². The number of aliphatic hydroxyl groups is 4. The van der Waals surface area contributed by atoms with Crippen LogP contribution in [-0.4, -0.2) is 45.3 Å². The van der Waals surface area contributed by atoms with Crippen LogP contribution in [0.2, 0.25) is 0 Å². The Kier molecular flexibility index (Phi) is 12.9. The molecule has 0 aromatic rings. The number of aliphatic hydroxyl groups excluding tert-OH is 3. The van der Waals surface area contributed by atoms with E-state index in [1.54, 1.807) is 5.57 Å². The van der Waals surface area contributed by atoms with Crippen molar-refractivity contribution in [3.05, 3.63) is 23.3 Å². The summed E-state index contributed by atoms with van der Waals surface area (Å²) in [6.07, 6.45) is 14.7. The molecular formula is C29H54O4. The molecule has 0 aliphatic heterocycles. The predicted octanol–water partition coefficient (Wildman–Crippen LogP) is 6.03. The highest BCUT2D eigenvalue weighted by atomic mass is 16.3. The first kappa shape index (κ1) is 30.4. The maximum absolute atomic E-state index is 10.2. The summed E-state index contributed by atoms with van der Waals surface area (Å²) >= 11 is 0. The van der Waals surface area contributed by atoms with E-state index in [0.29, 0.717) is 29.1 Å². The molecule has 0 amide bonds. The van der Waals surface area contributed by atoms with Crippen molar-refractivity contribution in [1.29, 1.82) is 0 Å². The third-order valence-corrected chi connectivity index (χ3v) is 8.75. The van der Waals surface area contributed by atoms with E-state index in [-0.39, 0.29) is 19.3 Å². The molecular weight excluding hydrogens is 412 g/mol. The monoisotopic (exact) mass is 466 g/mol. The molecule has 2 aliphatic rings. The van der Waals surface area contributed by atoms with E-state index in [0.717, 1.165) is 32.1 Å². The fraction of sp³-hybridized carbons (Fsp3) is 0.862. The second kappa shape index (κ2) is 14.0. The number of allylic oxidation sites excluding steroid dienone is 3. The Hall–Kier alpha value is -0.680. The minimum atomic E-state index is -0.543. The molecule has 0 heterocycles. The molecule has 0 radical (unpaired) electrons. The molecule has 4 heteroatoms. The smallest absolute Gasteiger partial charge is 0.0662 e. The molecule has 4 nitrogen and oxygen atoms in total. The zero-order valence-corrected chi connectivity index (χ0v) is 22.6. The van der Waals surface area contributed by atoms with Gasteiger partial charge in [0, 0.05) is 0 Å². The Labute approximate surface area is 204 Å². The van der Waals surface area contributed by atoms with Gasteiger partial charge in [0.25, 0.3) is 0 Å². The molecule has 0 aromatic carbocycles. The van der Waals surface area contributed by atoms with Crippen molar-refractivity contribution in [2.24, 2.45) is 29.1 Å². The molecule has 194 valence electrons. The third kappa shape index (κ3) is 9.84. The van der Waals surface area contributed by atoms with E-state index in [1.165, 1.54) is 31.3 Å². The average Bonchev–Trinajstić information content (AvgIpc) is 2.75. The van der Waals surface area contributed by atoms with Gasteiger partial charge in [-0.25, -0.2) is 0 Å². The van der Waals surface area contributed by atoms with E-state index < -0.39 is 5.60 Å². The molecule has 6 atom stereocenters. The maximum Gasteiger partial charge on any atom is 0.0662 e. The minimum absolute atomic E-state index is 0.125. The van der Waals surface area contributed by atoms with Crippen molar-refractivity contribution in [2.75, 3.05) is 13.2 Å². The SMILES string of the molecule is CC1CC/C(=C/C=C2\CCCC(C)(C(C)[C@H](C)CCCC(C)(C)O)C2C)CC1O.OCCO. The summed E-state index contributed by atoms with van der Waals surface area (Å²) in [5, 5.41) is 35.5. The van der Waals surface area contributed by atoms with Gasteiger partial charge >= 0.3 is 0 Å². The van der Waals surface area contributed by atoms with Gasteiger partial charge in [0.2, 0.25) is 0 Å². The van der Waals surface area contributed by atoms with Crippen LogP contribution >= 0.6 is 0 Å². The van der Waals surface area contributed by atoms with Crippen molar-refractivity contribution in [3.63, 3.8) is 0 Å². The maximum atomic E-state index is 10.2. The lowest BCUT2D eigenvalue weighted by molar-refractivity contribution is 0.0470. The number of hydrogen-bond acceptors (Lipinski definition) is 4. The summed E-state index contributed by atoms with van der Waals surface area (Å²) in [5.41, 5.74) is 2.83. The van der Waals surface area contributed by atoms with E-state index in [1.807, 2.05) is 13.8 Å². The van der Waals surface area contributed by atoms with Crippen molar-refractivity contribution < 1.29 is 20.4 Å². The zero-order chi connectivity index (χ0) is 25.2. The van der Waals surface area contributed by atoms with Gasteiger partial charge in [-0.2, -0.15) is 0 Å². The summed E-state index contributed by atoms with van der Waals surface area (Å²) in [6, 6.07) is 0. The quantitative estimate of drug-likeness (QED) is 0.352. The first-order valence-corrected chi connectivity index (χ1v) is 13.4. The topological polar surface area (TPSA) is 80.9 Å². The summed E-state index contributed by atoms with van der Waals surface area (Å²) < 4.78 is 0. The van der Waals surface area contributed by atoms with Crippen molar-refractivity contribution in [3.8, 4) is 0 Å². The summed E-state index contributed by atoms with van der Waals surface area (Å²) in [7, 11) is 0. The Morgan fingerprint density at radius 2 is 1.73 bits per heavy atom. The highest BCUT2D eigenvalue weighted by molar-refractivity contribution is 5.24. The Balaban J connectivity index is 0.00000125. The summed E-state index contributed by atoms with van der Waals surface area (Å²) in [6.45, 7) is 15.6. The Bertz CT molecular complexity index is 616. The predicted molar refractivity (Wildman–Crippen MR) is 139 cm³/mol.